The smallest absolute Gasteiger partial charge is 0.444 e. The number of nitrogens with one attached hydrogen (secondary N) is 1. The van der Waals surface area contributed by atoms with Crippen LogP contribution in [-0.4, -0.2) is 75.1 Å². The summed E-state index contributed by atoms with van der Waals surface area (Å²) in [5, 5.41) is 11.7. The van der Waals surface area contributed by atoms with E-state index in [2.05, 4.69) is 30.6 Å². The minimum atomic E-state index is -4.00. The van der Waals surface area contributed by atoms with Gasteiger partial charge in [0.25, 0.3) is 6.26 Å². The molecular formula is C20H39N3O7P+. The molecule has 180 valence electrons. The minimum Gasteiger partial charge on any atom is -0.444 e. The molecule has 3 atom stereocenters. The lowest BCUT2D eigenvalue weighted by Gasteiger charge is -2.45. The van der Waals surface area contributed by atoms with E-state index in [1.165, 1.54) is 0 Å². The molecule has 1 amide bonds. The Balaban J connectivity index is 2.43. The Bertz CT molecular complexity index is 680. The first-order valence-corrected chi connectivity index (χ1v) is 12.1. The fourth-order valence-corrected chi connectivity index (χ4v) is 5.07. The van der Waals surface area contributed by atoms with Gasteiger partial charge >= 0.3 is 13.9 Å². The Hall–Kier alpha value is -1.37. The van der Waals surface area contributed by atoms with E-state index < -0.39 is 13.9 Å². The van der Waals surface area contributed by atoms with Crippen molar-refractivity contribution in [2.24, 2.45) is 10.8 Å². The number of likely N-dealkylation sites (N-methyl/N-ethyl adjacent to an activating group) is 1. The number of amides is 1. The summed E-state index contributed by atoms with van der Waals surface area (Å²) in [5.41, 5.74) is -0.182. The first-order chi connectivity index (χ1) is 14.2. The number of alkyl carbamates (subject to hydrolysis) is 1. The molecule has 3 unspecified atom stereocenters. The molecule has 1 aliphatic carbocycles. The zero-order chi connectivity index (χ0) is 23.8. The number of phosphoric acid groups is 1. The molecule has 0 saturated heterocycles. The van der Waals surface area contributed by atoms with E-state index in [1.54, 1.807) is 13.2 Å². The number of carbonyl (C=O) groups is 1. The maximum absolute atomic E-state index is 12.3. The van der Waals surface area contributed by atoms with Gasteiger partial charge in [0.05, 0.1) is 20.7 Å². The lowest BCUT2D eigenvalue weighted by Crippen LogP contribution is -2.49. The molecule has 1 fully saturated rings. The summed E-state index contributed by atoms with van der Waals surface area (Å²) in [7, 11) is -0.173. The minimum absolute atomic E-state index is 0.0102. The number of phosphoric ester groups is 1. The van der Waals surface area contributed by atoms with Gasteiger partial charge < -0.3 is 24.2 Å². The normalized spacial score (nSPS) is 25.2. The van der Waals surface area contributed by atoms with Gasteiger partial charge in [-0.05, 0) is 31.6 Å². The molecular weight excluding hydrogens is 425 g/mol. The predicted molar refractivity (Wildman–Crippen MR) is 115 cm³/mol. The number of nitriles is 1. The van der Waals surface area contributed by atoms with Crippen LogP contribution in [0.4, 0.5) is 4.79 Å². The standard InChI is InChI=1S/C20H38N3O7P/c1-7-29-31(25,26)30-11-9-23(5,6)8-10-28-18(24)22-17-12-19(2,3)14-20(4,13-17)15-27-16-21/h17H,7-15H2,1-6H3,(H-,22,24,25,26)/p+1. The Morgan fingerprint density at radius 2 is 1.87 bits per heavy atom. The SMILES string of the molecule is CCOP(=O)(O)OCC[N+](C)(C)CCOC(=O)NC1CC(C)(C)CC(C)(COC#N)C1. The van der Waals surface area contributed by atoms with E-state index in [0.29, 0.717) is 30.6 Å². The van der Waals surface area contributed by atoms with Crippen molar-refractivity contribution in [1.29, 1.82) is 5.26 Å². The summed E-state index contributed by atoms with van der Waals surface area (Å²) in [6.45, 7) is 9.63. The van der Waals surface area contributed by atoms with Gasteiger partial charge in [0.15, 0.2) is 0 Å². The molecule has 0 aliphatic heterocycles. The van der Waals surface area contributed by atoms with Crippen molar-refractivity contribution in [2.45, 2.75) is 53.0 Å². The highest BCUT2D eigenvalue weighted by atomic mass is 31.2. The van der Waals surface area contributed by atoms with Crippen molar-refractivity contribution in [3.8, 4) is 6.26 Å². The van der Waals surface area contributed by atoms with E-state index >= 15 is 0 Å². The fraction of sp³-hybridized carbons (Fsp3) is 0.900. The average molecular weight is 465 g/mol. The second-order valence-corrected chi connectivity index (χ2v) is 11.5. The second-order valence-electron chi connectivity index (χ2n) is 10.0. The van der Waals surface area contributed by atoms with Gasteiger partial charge in [-0.1, -0.05) is 20.8 Å². The Morgan fingerprint density at radius 1 is 1.23 bits per heavy atom. The summed E-state index contributed by atoms with van der Waals surface area (Å²) < 4.78 is 31.9. The highest BCUT2D eigenvalue weighted by molar-refractivity contribution is 7.47. The van der Waals surface area contributed by atoms with Gasteiger partial charge in [0, 0.05) is 11.5 Å². The van der Waals surface area contributed by atoms with Crippen LogP contribution in [0.5, 0.6) is 0 Å². The second kappa shape index (κ2) is 11.5. The van der Waals surface area contributed by atoms with Crippen LogP contribution in [0.15, 0.2) is 0 Å². The zero-order valence-corrected chi connectivity index (χ0v) is 20.6. The van der Waals surface area contributed by atoms with Crippen LogP contribution >= 0.6 is 7.82 Å². The third-order valence-electron chi connectivity index (χ3n) is 5.42. The third kappa shape index (κ3) is 11.2. The van der Waals surface area contributed by atoms with E-state index in [-0.39, 0.29) is 36.7 Å². The molecule has 31 heavy (non-hydrogen) atoms. The van der Waals surface area contributed by atoms with E-state index in [1.807, 2.05) is 14.1 Å². The first kappa shape index (κ1) is 27.7. The Labute approximate surface area is 186 Å². The number of hydrogen-bond donors (Lipinski definition) is 2. The Morgan fingerprint density at radius 3 is 2.48 bits per heavy atom. The van der Waals surface area contributed by atoms with Crippen LogP contribution in [0.25, 0.3) is 0 Å². The molecule has 1 rings (SSSR count). The number of rotatable bonds is 12. The molecule has 0 heterocycles. The van der Waals surface area contributed by atoms with Crippen LogP contribution in [0.3, 0.4) is 0 Å². The van der Waals surface area contributed by atoms with Crippen molar-refractivity contribution in [2.75, 3.05) is 53.6 Å². The summed E-state index contributed by atoms with van der Waals surface area (Å²) in [4.78, 5) is 21.8. The van der Waals surface area contributed by atoms with Gasteiger partial charge in [-0.2, -0.15) is 5.26 Å². The largest absolute Gasteiger partial charge is 0.472 e. The zero-order valence-electron chi connectivity index (χ0n) is 19.7. The highest BCUT2D eigenvalue weighted by Gasteiger charge is 2.42. The van der Waals surface area contributed by atoms with Gasteiger partial charge in [-0.3, -0.25) is 9.05 Å². The van der Waals surface area contributed by atoms with E-state index in [9.17, 15) is 14.3 Å². The topological polar surface area (TPSA) is 127 Å². The van der Waals surface area contributed by atoms with Crippen LogP contribution in [0.2, 0.25) is 0 Å². The van der Waals surface area contributed by atoms with Gasteiger partial charge in [-0.15, -0.1) is 0 Å². The average Bonchev–Trinajstić information content (AvgIpc) is 2.57. The number of carbonyl (C=O) groups excluding carboxylic acids is 1. The first-order valence-electron chi connectivity index (χ1n) is 10.6. The molecule has 0 bridgehead atoms. The molecule has 0 aromatic carbocycles. The van der Waals surface area contributed by atoms with Crippen LogP contribution in [0.1, 0.15) is 47.0 Å². The Kier molecular flexibility index (Phi) is 10.2. The molecule has 10 nitrogen and oxygen atoms in total. The number of quaternary nitrogens is 1. The summed E-state index contributed by atoms with van der Waals surface area (Å²) in [6.07, 6.45) is 3.71. The fourth-order valence-electron chi connectivity index (χ4n) is 4.36. The van der Waals surface area contributed by atoms with Crippen LogP contribution < -0.4 is 5.32 Å². The quantitative estimate of drug-likeness (QED) is 0.256. The van der Waals surface area contributed by atoms with Crippen LogP contribution in [-0.2, 0) is 23.1 Å². The maximum Gasteiger partial charge on any atom is 0.472 e. The molecule has 0 radical (unpaired) electrons. The molecule has 2 N–H and O–H groups in total. The number of ether oxygens (including phenoxy) is 2. The van der Waals surface area contributed by atoms with Crippen molar-refractivity contribution < 1.29 is 37.3 Å². The lowest BCUT2D eigenvalue weighted by atomic mass is 9.63. The van der Waals surface area contributed by atoms with Crippen molar-refractivity contribution in [3.05, 3.63) is 0 Å². The molecule has 0 aromatic rings. The number of hydrogen-bond acceptors (Lipinski definition) is 7. The summed E-state index contributed by atoms with van der Waals surface area (Å²) >= 11 is 0. The monoisotopic (exact) mass is 464 g/mol. The molecule has 1 saturated carbocycles. The highest BCUT2D eigenvalue weighted by Crippen LogP contribution is 2.46. The molecule has 11 heteroatoms. The van der Waals surface area contributed by atoms with E-state index in [0.717, 1.165) is 12.8 Å². The molecule has 0 spiro atoms. The van der Waals surface area contributed by atoms with E-state index in [4.69, 9.17) is 19.3 Å². The third-order valence-corrected chi connectivity index (χ3v) is 6.52. The van der Waals surface area contributed by atoms with Crippen molar-refractivity contribution in [3.63, 3.8) is 0 Å². The molecule has 1 aliphatic rings. The van der Waals surface area contributed by atoms with Gasteiger partial charge in [0.2, 0.25) is 0 Å². The van der Waals surface area contributed by atoms with Gasteiger partial charge in [-0.25, -0.2) is 9.36 Å². The molecule has 0 aromatic heterocycles. The van der Waals surface area contributed by atoms with Crippen LogP contribution in [0, 0.1) is 22.3 Å². The predicted octanol–water partition coefficient (Wildman–Crippen LogP) is 3.03. The summed E-state index contributed by atoms with van der Waals surface area (Å²) in [6, 6.07) is -0.0586. The number of nitrogens with zero attached hydrogens (tertiary/aromatic N) is 2. The van der Waals surface area contributed by atoms with Crippen molar-refractivity contribution >= 4 is 13.9 Å². The van der Waals surface area contributed by atoms with Gasteiger partial charge in [0.1, 0.15) is 32.9 Å². The summed E-state index contributed by atoms with van der Waals surface area (Å²) in [5.74, 6) is 0. The maximum atomic E-state index is 12.3. The van der Waals surface area contributed by atoms with Crippen molar-refractivity contribution in [1.82, 2.24) is 5.32 Å². The lowest BCUT2D eigenvalue weighted by molar-refractivity contribution is -0.890.